The molecule has 32 heavy (non-hydrogen) atoms. The number of carbonyl (C=O) groups is 2. The van der Waals surface area contributed by atoms with Crippen molar-refractivity contribution in [3.63, 3.8) is 0 Å². The summed E-state index contributed by atoms with van der Waals surface area (Å²) in [6.45, 7) is 10.00. The van der Waals surface area contributed by atoms with Crippen LogP contribution < -0.4 is 4.90 Å². The van der Waals surface area contributed by atoms with Gasteiger partial charge in [-0.05, 0) is 28.0 Å². The van der Waals surface area contributed by atoms with Gasteiger partial charge in [-0.15, -0.1) is 0 Å². The Balaban J connectivity index is 1.93. The summed E-state index contributed by atoms with van der Waals surface area (Å²) in [7, 11) is 0. The summed E-state index contributed by atoms with van der Waals surface area (Å²) in [5.74, 6) is -1.57. The molecule has 1 heterocycles. The largest absolute Gasteiger partial charge is 0.503 e. The van der Waals surface area contributed by atoms with Gasteiger partial charge >= 0.3 is 0 Å². The number of anilines is 1. The highest BCUT2D eigenvalue weighted by Gasteiger charge is 2.45. The Morgan fingerprint density at radius 3 is 2.19 bits per heavy atom. The Labute approximate surface area is 189 Å². The molecule has 4 rings (SSSR count). The van der Waals surface area contributed by atoms with Crippen LogP contribution in [0.25, 0.3) is 10.8 Å². The minimum absolute atomic E-state index is 0.0199. The van der Waals surface area contributed by atoms with Crippen molar-refractivity contribution in [2.45, 2.75) is 46.1 Å². The molecule has 1 atom stereocenters. The Morgan fingerprint density at radius 1 is 0.938 bits per heavy atom. The quantitative estimate of drug-likeness (QED) is 0.534. The van der Waals surface area contributed by atoms with E-state index in [0.29, 0.717) is 5.69 Å². The number of Topliss-reactive ketones (excluding diaryl/α,β-unsaturated/α-hetero) is 1. The zero-order chi connectivity index (χ0) is 23.2. The van der Waals surface area contributed by atoms with Crippen LogP contribution in [0.5, 0.6) is 0 Å². The van der Waals surface area contributed by atoms with Crippen molar-refractivity contribution in [3.05, 3.63) is 89.2 Å². The van der Waals surface area contributed by atoms with E-state index in [-0.39, 0.29) is 22.7 Å². The second-order valence-electron chi connectivity index (χ2n) is 9.73. The van der Waals surface area contributed by atoms with Gasteiger partial charge in [0.25, 0.3) is 5.91 Å². The number of hydrogen-bond acceptors (Lipinski definition) is 3. The fourth-order valence-electron chi connectivity index (χ4n) is 4.32. The predicted molar refractivity (Wildman–Crippen MR) is 129 cm³/mol. The van der Waals surface area contributed by atoms with Gasteiger partial charge in [-0.2, -0.15) is 0 Å². The van der Waals surface area contributed by atoms with Crippen LogP contribution >= 0.6 is 0 Å². The smallest absolute Gasteiger partial charge is 0.294 e. The van der Waals surface area contributed by atoms with E-state index in [1.165, 1.54) is 0 Å². The first-order valence-corrected chi connectivity index (χ1v) is 11.0. The molecule has 1 aliphatic rings. The highest BCUT2D eigenvalue weighted by molar-refractivity contribution is 6.19. The monoisotopic (exact) mass is 427 g/mol. The van der Waals surface area contributed by atoms with E-state index in [4.69, 9.17) is 0 Å². The number of carbonyl (C=O) groups excluding carboxylic acids is 2. The molecule has 0 fully saturated rings. The van der Waals surface area contributed by atoms with E-state index in [1.807, 2.05) is 66.7 Å². The number of ketones is 1. The molecule has 164 valence electrons. The molecule has 4 heteroatoms. The third-order valence-corrected chi connectivity index (χ3v) is 6.12. The average molecular weight is 428 g/mol. The molecular formula is C28H29NO3. The molecule has 0 spiro atoms. The van der Waals surface area contributed by atoms with Gasteiger partial charge in [0.15, 0.2) is 11.5 Å². The van der Waals surface area contributed by atoms with Crippen molar-refractivity contribution in [3.8, 4) is 0 Å². The Hall–Kier alpha value is -3.40. The van der Waals surface area contributed by atoms with E-state index in [9.17, 15) is 14.7 Å². The first-order chi connectivity index (χ1) is 15.1. The molecule has 1 aliphatic heterocycles. The molecule has 3 aromatic carbocycles. The van der Waals surface area contributed by atoms with Gasteiger partial charge in [0.1, 0.15) is 0 Å². The van der Waals surface area contributed by atoms with E-state index >= 15 is 0 Å². The normalized spacial score (nSPS) is 17.0. The predicted octanol–water partition coefficient (Wildman–Crippen LogP) is 6.26. The number of fused-ring (bicyclic) bond motifs is 1. The summed E-state index contributed by atoms with van der Waals surface area (Å²) in [4.78, 5) is 28.1. The van der Waals surface area contributed by atoms with Gasteiger partial charge in [0.05, 0.1) is 17.3 Å². The van der Waals surface area contributed by atoms with Gasteiger partial charge < -0.3 is 5.11 Å². The van der Waals surface area contributed by atoms with E-state index in [2.05, 4.69) is 20.8 Å². The van der Waals surface area contributed by atoms with Crippen LogP contribution in [-0.2, 0) is 15.0 Å². The molecule has 0 aliphatic carbocycles. The van der Waals surface area contributed by atoms with Crippen LogP contribution in [0.15, 0.2) is 78.1 Å². The second-order valence-corrected chi connectivity index (χ2v) is 9.73. The summed E-state index contributed by atoms with van der Waals surface area (Å²) in [6, 6.07) is 20.9. The Morgan fingerprint density at radius 2 is 1.56 bits per heavy atom. The standard InChI is InChI=1S/C28H29NO3/c1-17(2)25(30)23-24(19-13-15-20(16-14-19)28(3,4)5)29(27(32)26(23)31)22-12-8-10-18-9-6-7-11-21(18)22/h6-17,24,31H,1-5H3. The molecule has 0 saturated heterocycles. The molecule has 1 unspecified atom stereocenters. The number of benzene rings is 3. The van der Waals surface area contributed by atoms with Gasteiger partial charge in [-0.25, -0.2) is 0 Å². The molecule has 3 aromatic rings. The van der Waals surface area contributed by atoms with Gasteiger partial charge in [-0.1, -0.05) is 95.3 Å². The van der Waals surface area contributed by atoms with Crippen LogP contribution in [0.4, 0.5) is 5.69 Å². The van der Waals surface area contributed by atoms with Crippen LogP contribution in [0.1, 0.15) is 51.8 Å². The molecule has 1 amide bonds. The third kappa shape index (κ3) is 3.60. The van der Waals surface area contributed by atoms with Crippen molar-refractivity contribution in [2.24, 2.45) is 5.92 Å². The van der Waals surface area contributed by atoms with Crippen molar-refractivity contribution in [1.29, 1.82) is 0 Å². The maximum atomic E-state index is 13.4. The minimum Gasteiger partial charge on any atom is -0.503 e. The van der Waals surface area contributed by atoms with E-state index < -0.39 is 17.7 Å². The molecule has 0 saturated carbocycles. The zero-order valence-corrected chi connectivity index (χ0v) is 19.2. The number of hydrogen-bond donors (Lipinski definition) is 1. The highest BCUT2D eigenvalue weighted by atomic mass is 16.3. The van der Waals surface area contributed by atoms with E-state index in [1.54, 1.807) is 18.7 Å². The molecular weight excluding hydrogens is 398 g/mol. The van der Waals surface area contributed by atoms with Crippen molar-refractivity contribution >= 4 is 28.2 Å². The number of aliphatic hydroxyl groups excluding tert-OH is 1. The van der Waals surface area contributed by atoms with Crippen molar-refractivity contribution in [2.75, 3.05) is 4.90 Å². The van der Waals surface area contributed by atoms with Crippen LogP contribution in [0.3, 0.4) is 0 Å². The second kappa shape index (κ2) is 7.94. The molecule has 4 nitrogen and oxygen atoms in total. The molecule has 0 bridgehead atoms. The molecule has 0 radical (unpaired) electrons. The lowest BCUT2D eigenvalue weighted by molar-refractivity contribution is -0.119. The van der Waals surface area contributed by atoms with Gasteiger partial charge in [0, 0.05) is 11.3 Å². The summed E-state index contributed by atoms with van der Waals surface area (Å²) in [5.41, 5.74) is 2.78. The maximum absolute atomic E-state index is 13.4. The highest BCUT2D eigenvalue weighted by Crippen LogP contribution is 2.44. The fourth-order valence-corrected chi connectivity index (χ4v) is 4.32. The lowest BCUT2D eigenvalue weighted by Crippen LogP contribution is -2.31. The average Bonchev–Trinajstić information content (AvgIpc) is 3.02. The zero-order valence-electron chi connectivity index (χ0n) is 19.2. The first kappa shape index (κ1) is 21.8. The Kier molecular flexibility index (Phi) is 5.41. The Bertz CT molecular complexity index is 1220. The SMILES string of the molecule is CC(C)C(=O)C1=C(O)C(=O)N(c2cccc3ccccc23)C1c1ccc(C(C)(C)C)cc1. The van der Waals surface area contributed by atoms with Crippen molar-refractivity contribution in [1.82, 2.24) is 0 Å². The number of aliphatic hydroxyl groups is 1. The summed E-state index contributed by atoms with van der Waals surface area (Å²) < 4.78 is 0. The van der Waals surface area contributed by atoms with Gasteiger partial charge in [-0.3, -0.25) is 14.5 Å². The van der Waals surface area contributed by atoms with E-state index in [0.717, 1.165) is 21.9 Å². The van der Waals surface area contributed by atoms with Crippen molar-refractivity contribution < 1.29 is 14.7 Å². The molecule has 1 N–H and O–H groups in total. The fraction of sp³-hybridized carbons (Fsp3) is 0.286. The van der Waals surface area contributed by atoms with Gasteiger partial charge in [0.2, 0.25) is 0 Å². The van der Waals surface area contributed by atoms with Crippen LogP contribution in [0, 0.1) is 5.92 Å². The van der Waals surface area contributed by atoms with Crippen LogP contribution in [-0.4, -0.2) is 16.8 Å². The number of nitrogens with zero attached hydrogens (tertiary/aromatic N) is 1. The lowest BCUT2D eigenvalue weighted by atomic mass is 9.85. The number of rotatable bonds is 4. The third-order valence-electron chi connectivity index (χ3n) is 6.12. The topological polar surface area (TPSA) is 57.6 Å². The lowest BCUT2D eigenvalue weighted by Gasteiger charge is -2.29. The maximum Gasteiger partial charge on any atom is 0.294 e. The molecule has 0 aromatic heterocycles. The van der Waals surface area contributed by atoms with Crippen LogP contribution in [0.2, 0.25) is 0 Å². The minimum atomic E-state index is -0.683. The first-order valence-electron chi connectivity index (χ1n) is 11.0. The summed E-state index contributed by atoms with van der Waals surface area (Å²) in [6.07, 6.45) is 0. The summed E-state index contributed by atoms with van der Waals surface area (Å²) >= 11 is 0. The summed E-state index contributed by atoms with van der Waals surface area (Å²) in [5, 5.41) is 12.7. The number of amides is 1.